The van der Waals surface area contributed by atoms with Crippen molar-refractivity contribution in [3.8, 4) is 34.1 Å². The monoisotopic (exact) mass is 428 g/mol. The fourth-order valence-corrected chi connectivity index (χ4v) is 3.81. The van der Waals surface area contributed by atoms with Crippen LogP contribution in [0, 0.1) is 0 Å². The van der Waals surface area contributed by atoms with E-state index in [1.165, 1.54) is 0 Å². The van der Waals surface area contributed by atoms with Crippen LogP contribution in [0.5, 0.6) is 23.0 Å². The lowest BCUT2D eigenvalue weighted by Gasteiger charge is -2.16. The van der Waals surface area contributed by atoms with Crippen molar-refractivity contribution in [1.29, 1.82) is 0 Å². The third-order valence-corrected chi connectivity index (χ3v) is 5.51. The van der Waals surface area contributed by atoms with Gasteiger partial charge in [-0.1, -0.05) is 12.1 Å². The third-order valence-electron chi connectivity index (χ3n) is 5.51. The summed E-state index contributed by atoms with van der Waals surface area (Å²) in [5, 5.41) is 1.75. The van der Waals surface area contributed by atoms with Crippen molar-refractivity contribution >= 4 is 16.6 Å². The Balaban J connectivity index is 1.98. The number of ether oxygens (including phenoxy) is 4. The van der Waals surface area contributed by atoms with E-state index < -0.39 is 0 Å². The van der Waals surface area contributed by atoms with Gasteiger partial charge in [-0.3, -0.25) is 4.79 Å². The molecular weight excluding hydrogens is 404 g/mol. The van der Waals surface area contributed by atoms with E-state index in [2.05, 4.69) is 0 Å². The quantitative estimate of drug-likeness (QED) is 0.350. The van der Waals surface area contributed by atoms with Crippen molar-refractivity contribution in [3.05, 3.63) is 83.9 Å². The zero-order chi connectivity index (χ0) is 22.7. The molecule has 0 aliphatic rings. The van der Waals surface area contributed by atoms with Crippen molar-refractivity contribution in [3.63, 3.8) is 0 Å². The Morgan fingerprint density at radius 1 is 0.594 bits per heavy atom. The first kappa shape index (κ1) is 21.2. The van der Waals surface area contributed by atoms with Crippen LogP contribution in [0.15, 0.2) is 72.8 Å². The first-order valence-corrected chi connectivity index (χ1v) is 10.1. The van der Waals surface area contributed by atoms with Crippen LogP contribution in [0.3, 0.4) is 0 Å². The van der Waals surface area contributed by atoms with Gasteiger partial charge < -0.3 is 18.9 Å². The maximum atomic E-state index is 13.8. The molecule has 5 nitrogen and oxygen atoms in total. The van der Waals surface area contributed by atoms with Gasteiger partial charge in [-0.15, -0.1) is 0 Å². The molecule has 0 amide bonds. The lowest BCUT2D eigenvalue weighted by atomic mass is 9.89. The number of rotatable bonds is 7. The zero-order valence-electron chi connectivity index (χ0n) is 18.5. The molecule has 0 bridgehead atoms. The van der Waals surface area contributed by atoms with E-state index in [-0.39, 0.29) is 5.78 Å². The number of carbonyl (C=O) groups is 1. The minimum atomic E-state index is -0.0868. The Bertz CT molecular complexity index is 1280. The molecule has 0 atom stereocenters. The lowest BCUT2D eigenvalue weighted by molar-refractivity contribution is 0.104. The minimum absolute atomic E-state index is 0.0868. The number of ketones is 1. The Morgan fingerprint density at radius 2 is 1.19 bits per heavy atom. The van der Waals surface area contributed by atoms with E-state index in [4.69, 9.17) is 18.9 Å². The molecule has 5 heteroatoms. The molecule has 0 heterocycles. The number of benzene rings is 4. The van der Waals surface area contributed by atoms with Gasteiger partial charge >= 0.3 is 0 Å². The summed E-state index contributed by atoms with van der Waals surface area (Å²) in [5.74, 6) is 2.65. The summed E-state index contributed by atoms with van der Waals surface area (Å²) >= 11 is 0. The SMILES string of the molecule is COc1ccc(C(=O)c2c(-c3ccc(OC)cc3OC)ccc3cc(OC)ccc23)cc1. The van der Waals surface area contributed by atoms with Crippen LogP contribution in [0.2, 0.25) is 0 Å². The van der Waals surface area contributed by atoms with E-state index >= 15 is 0 Å². The minimum Gasteiger partial charge on any atom is -0.497 e. The van der Waals surface area contributed by atoms with Gasteiger partial charge in [0.15, 0.2) is 5.78 Å². The van der Waals surface area contributed by atoms with Gasteiger partial charge in [0, 0.05) is 22.8 Å². The summed E-state index contributed by atoms with van der Waals surface area (Å²) in [5.41, 5.74) is 2.76. The van der Waals surface area contributed by atoms with Crippen LogP contribution >= 0.6 is 0 Å². The molecule has 4 aromatic carbocycles. The number of methoxy groups -OCH3 is 4. The predicted molar refractivity (Wildman–Crippen MR) is 125 cm³/mol. The molecule has 0 N–H and O–H groups in total. The normalized spacial score (nSPS) is 10.6. The van der Waals surface area contributed by atoms with Crippen molar-refractivity contribution in [1.82, 2.24) is 0 Å². The number of hydrogen-bond donors (Lipinski definition) is 0. The van der Waals surface area contributed by atoms with Gasteiger partial charge in [-0.05, 0) is 70.9 Å². The van der Waals surface area contributed by atoms with Crippen molar-refractivity contribution in [2.45, 2.75) is 0 Å². The van der Waals surface area contributed by atoms with E-state index in [1.54, 1.807) is 52.7 Å². The summed E-state index contributed by atoms with van der Waals surface area (Å²) < 4.78 is 21.6. The molecule has 0 saturated heterocycles. The molecule has 0 aliphatic heterocycles. The van der Waals surface area contributed by atoms with Crippen LogP contribution in [-0.4, -0.2) is 34.2 Å². The molecule has 4 aromatic rings. The Kier molecular flexibility index (Phi) is 5.99. The highest BCUT2D eigenvalue weighted by Gasteiger charge is 2.21. The summed E-state index contributed by atoms with van der Waals surface area (Å²) in [6.45, 7) is 0. The van der Waals surface area contributed by atoms with Gasteiger partial charge in [0.2, 0.25) is 0 Å². The van der Waals surface area contributed by atoms with Crippen molar-refractivity contribution < 1.29 is 23.7 Å². The Morgan fingerprint density at radius 3 is 1.84 bits per heavy atom. The Hall–Kier alpha value is -3.99. The average molecular weight is 428 g/mol. The molecule has 0 fully saturated rings. The molecule has 32 heavy (non-hydrogen) atoms. The van der Waals surface area contributed by atoms with Crippen LogP contribution in [0.1, 0.15) is 15.9 Å². The standard InChI is InChI=1S/C27H24O5/c1-29-19-8-5-17(6-9-19)27(28)26-22-13-10-20(30-2)15-18(22)7-12-24(26)23-14-11-21(31-3)16-25(23)32-4/h5-16H,1-4H3. The van der Waals surface area contributed by atoms with Crippen molar-refractivity contribution in [2.75, 3.05) is 28.4 Å². The summed E-state index contributed by atoms with van der Waals surface area (Å²) in [4.78, 5) is 13.8. The topological polar surface area (TPSA) is 54.0 Å². The summed E-state index contributed by atoms with van der Waals surface area (Å²) in [7, 11) is 6.44. The van der Waals surface area contributed by atoms with E-state index in [1.807, 2.05) is 48.5 Å². The summed E-state index contributed by atoms with van der Waals surface area (Å²) in [6.07, 6.45) is 0. The number of fused-ring (bicyclic) bond motifs is 1. The van der Waals surface area contributed by atoms with Gasteiger partial charge in [0.25, 0.3) is 0 Å². The highest BCUT2D eigenvalue weighted by molar-refractivity contribution is 6.20. The van der Waals surface area contributed by atoms with Crippen LogP contribution in [-0.2, 0) is 0 Å². The molecule has 0 unspecified atom stereocenters. The molecule has 0 radical (unpaired) electrons. The summed E-state index contributed by atoms with van der Waals surface area (Å²) in [6, 6.07) is 22.4. The molecule has 0 aliphatic carbocycles. The number of carbonyl (C=O) groups excluding carboxylic acids is 1. The highest BCUT2D eigenvalue weighted by Crippen LogP contribution is 2.39. The van der Waals surface area contributed by atoms with E-state index in [0.717, 1.165) is 27.6 Å². The molecule has 0 aromatic heterocycles. The Labute approximate surface area is 187 Å². The van der Waals surface area contributed by atoms with Crippen molar-refractivity contribution in [2.24, 2.45) is 0 Å². The smallest absolute Gasteiger partial charge is 0.194 e. The van der Waals surface area contributed by atoms with E-state index in [9.17, 15) is 4.79 Å². The second-order valence-corrected chi connectivity index (χ2v) is 7.20. The molecule has 4 rings (SSSR count). The second kappa shape index (κ2) is 9.02. The lowest BCUT2D eigenvalue weighted by Crippen LogP contribution is -2.06. The highest BCUT2D eigenvalue weighted by atomic mass is 16.5. The van der Waals surface area contributed by atoms with Crippen LogP contribution < -0.4 is 18.9 Å². The average Bonchev–Trinajstić information content (AvgIpc) is 2.86. The fraction of sp³-hybridized carbons (Fsp3) is 0.148. The third kappa shape index (κ3) is 3.85. The largest absolute Gasteiger partial charge is 0.497 e. The maximum absolute atomic E-state index is 13.8. The maximum Gasteiger partial charge on any atom is 0.194 e. The first-order valence-electron chi connectivity index (χ1n) is 10.1. The fourth-order valence-electron chi connectivity index (χ4n) is 3.81. The predicted octanol–water partition coefficient (Wildman–Crippen LogP) is 5.77. The van der Waals surface area contributed by atoms with Crippen LogP contribution in [0.4, 0.5) is 0 Å². The molecule has 0 saturated carbocycles. The van der Waals surface area contributed by atoms with Gasteiger partial charge in [0.05, 0.1) is 28.4 Å². The second-order valence-electron chi connectivity index (χ2n) is 7.20. The van der Waals surface area contributed by atoms with Gasteiger partial charge in [-0.2, -0.15) is 0 Å². The number of hydrogen-bond acceptors (Lipinski definition) is 5. The van der Waals surface area contributed by atoms with Crippen LogP contribution in [0.25, 0.3) is 21.9 Å². The molecule has 0 spiro atoms. The van der Waals surface area contributed by atoms with Gasteiger partial charge in [0.1, 0.15) is 23.0 Å². The molecule has 162 valence electrons. The zero-order valence-corrected chi connectivity index (χ0v) is 18.5. The first-order chi connectivity index (χ1) is 15.6. The molecular formula is C27H24O5. The van der Waals surface area contributed by atoms with Gasteiger partial charge in [-0.25, -0.2) is 0 Å². The van der Waals surface area contributed by atoms with E-state index in [0.29, 0.717) is 28.4 Å².